The second-order valence-electron chi connectivity index (χ2n) is 6.16. The Balaban J connectivity index is 0.00000140. The third-order valence-corrected chi connectivity index (χ3v) is 5.21. The maximum absolute atomic E-state index is 12.6. The lowest BCUT2D eigenvalue weighted by Gasteiger charge is -2.23. The summed E-state index contributed by atoms with van der Waals surface area (Å²) in [5, 5.41) is 16.8. The van der Waals surface area contributed by atoms with Gasteiger partial charge < -0.3 is 5.32 Å². The summed E-state index contributed by atoms with van der Waals surface area (Å²) in [6, 6.07) is 5.94. The number of carbonyl (C=O) groups excluding carboxylic acids is 1. The third-order valence-electron chi connectivity index (χ3n) is 4.45. The van der Waals surface area contributed by atoms with Crippen molar-refractivity contribution < 1.29 is 4.79 Å². The van der Waals surface area contributed by atoms with Gasteiger partial charge in [-0.25, -0.2) is 9.67 Å². The topological polar surface area (TPSA) is 97.6 Å². The van der Waals surface area contributed by atoms with Crippen molar-refractivity contribution in [2.75, 3.05) is 18.4 Å². The van der Waals surface area contributed by atoms with Crippen LogP contribution in [0.2, 0.25) is 0 Å². The van der Waals surface area contributed by atoms with Crippen LogP contribution in [-0.2, 0) is 0 Å². The van der Waals surface area contributed by atoms with Crippen molar-refractivity contribution in [2.45, 2.75) is 25.8 Å². The Bertz CT molecular complexity index is 909. The van der Waals surface area contributed by atoms with E-state index in [0.29, 0.717) is 16.9 Å². The molecule has 4 rings (SSSR count). The Morgan fingerprint density at radius 1 is 1.25 bits per heavy atom. The van der Waals surface area contributed by atoms with Crippen LogP contribution in [0.1, 0.15) is 35.1 Å². The number of pyridine rings is 1. The highest BCUT2D eigenvalue weighted by atomic mass is 35.5. The van der Waals surface area contributed by atoms with Gasteiger partial charge >= 0.3 is 0 Å². The number of amides is 1. The van der Waals surface area contributed by atoms with E-state index in [-0.39, 0.29) is 30.7 Å². The van der Waals surface area contributed by atoms with E-state index in [9.17, 15) is 4.79 Å². The number of nitrogens with one attached hydrogen (secondary N) is 2. The highest BCUT2D eigenvalue weighted by molar-refractivity contribution is 7.14. The first-order chi connectivity index (χ1) is 12.7. The molecule has 1 amide bonds. The number of anilines is 1. The fourth-order valence-corrected chi connectivity index (χ4v) is 3.77. The SMILES string of the molecule is Cc1c(C(=O)Nc2nc(-c3ccccn3)cs2)nnn1C1CCNCC1.Cl.Cl. The van der Waals surface area contributed by atoms with E-state index >= 15 is 0 Å². The molecule has 1 aliphatic rings. The number of nitrogens with zero attached hydrogens (tertiary/aromatic N) is 5. The number of piperidine rings is 1. The van der Waals surface area contributed by atoms with Gasteiger partial charge in [-0.3, -0.25) is 15.1 Å². The number of thiazole rings is 1. The van der Waals surface area contributed by atoms with Gasteiger partial charge in [0.2, 0.25) is 0 Å². The number of halogens is 2. The lowest BCUT2D eigenvalue weighted by molar-refractivity contribution is 0.102. The fourth-order valence-electron chi connectivity index (χ4n) is 3.07. The van der Waals surface area contributed by atoms with Gasteiger partial charge in [0.15, 0.2) is 10.8 Å². The molecule has 1 aliphatic heterocycles. The van der Waals surface area contributed by atoms with Crippen LogP contribution >= 0.6 is 36.2 Å². The van der Waals surface area contributed by atoms with Crippen LogP contribution in [-0.4, -0.2) is 44.0 Å². The van der Waals surface area contributed by atoms with Gasteiger partial charge in [-0.15, -0.1) is 41.2 Å². The second-order valence-corrected chi connectivity index (χ2v) is 7.01. The van der Waals surface area contributed by atoms with Crippen LogP contribution in [0.15, 0.2) is 29.8 Å². The highest BCUT2D eigenvalue weighted by Gasteiger charge is 2.23. The lowest BCUT2D eigenvalue weighted by atomic mass is 10.1. The van der Waals surface area contributed by atoms with Crippen molar-refractivity contribution in [3.63, 3.8) is 0 Å². The van der Waals surface area contributed by atoms with Crippen molar-refractivity contribution in [3.8, 4) is 11.4 Å². The molecule has 150 valence electrons. The molecule has 2 N–H and O–H groups in total. The number of hydrogen-bond acceptors (Lipinski definition) is 7. The average molecular weight is 442 g/mol. The Morgan fingerprint density at radius 3 is 2.75 bits per heavy atom. The van der Waals surface area contributed by atoms with E-state index in [0.717, 1.165) is 43.0 Å². The average Bonchev–Trinajstić information content (AvgIpc) is 3.30. The summed E-state index contributed by atoms with van der Waals surface area (Å²) in [5.74, 6) is -0.287. The van der Waals surface area contributed by atoms with Gasteiger partial charge in [0.25, 0.3) is 5.91 Å². The number of aromatic nitrogens is 5. The molecule has 28 heavy (non-hydrogen) atoms. The van der Waals surface area contributed by atoms with Crippen LogP contribution in [0.4, 0.5) is 5.13 Å². The molecule has 0 atom stereocenters. The molecule has 0 unspecified atom stereocenters. The first kappa shape index (κ1) is 22.2. The highest BCUT2D eigenvalue weighted by Crippen LogP contribution is 2.24. The minimum absolute atomic E-state index is 0. The van der Waals surface area contributed by atoms with Gasteiger partial charge in [0, 0.05) is 11.6 Å². The molecule has 0 radical (unpaired) electrons. The van der Waals surface area contributed by atoms with Crippen LogP contribution in [0, 0.1) is 6.92 Å². The quantitative estimate of drug-likeness (QED) is 0.645. The van der Waals surface area contributed by atoms with Gasteiger partial charge in [0.1, 0.15) is 5.69 Å². The molecule has 1 saturated heterocycles. The summed E-state index contributed by atoms with van der Waals surface area (Å²) in [6.07, 6.45) is 3.70. The minimum Gasteiger partial charge on any atom is -0.317 e. The zero-order valence-corrected chi connectivity index (χ0v) is 17.6. The first-order valence-corrected chi connectivity index (χ1v) is 9.41. The molecule has 0 saturated carbocycles. The van der Waals surface area contributed by atoms with E-state index in [1.54, 1.807) is 6.20 Å². The normalized spacial score (nSPS) is 14.0. The standard InChI is InChI=1S/C17H19N7OS.2ClH/c1-11-15(22-23-24(11)12-5-8-18-9-6-12)16(25)21-17-20-14(10-26-17)13-4-2-3-7-19-13;;/h2-4,7,10,12,18H,5-6,8-9H2,1H3,(H,20,21,25);2*1H. The Morgan fingerprint density at radius 2 is 2.04 bits per heavy atom. The van der Waals surface area contributed by atoms with Crippen molar-refractivity contribution >= 4 is 47.2 Å². The molecule has 11 heteroatoms. The van der Waals surface area contributed by atoms with Gasteiger partial charge in [0.05, 0.1) is 17.4 Å². The number of rotatable bonds is 4. The molecule has 0 spiro atoms. The number of hydrogen-bond donors (Lipinski definition) is 2. The molecule has 0 aliphatic carbocycles. The van der Waals surface area contributed by atoms with Crippen molar-refractivity contribution in [3.05, 3.63) is 41.2 Å². The summed E-state index contributed by atoms with van der Waals surface area (Å²) < 4.78 is 1.87. The summed E-state index contributed by atoms with van der Waals surface area (Å²) in [5.41, 5.74) is 2.65. The van der Waals surface area contributed by atoms with E-state index < -0.39 is 0 Å². The summed E-state index contributed by atoms with van der Waals surface area (Å²) in [4.78, 5) is 21.3. The third kappa shape index (κ3) is 4.67. The zero-order chi connectivity index (χ0) is 17.9. The van der Waals surface area contributed by atoms with Crippen LogP contribution in [0.3, 0.4) is 0 Å². The van der Waals surface area contributed by atoms with E-state index in [4.69, 9.17) is 0 Å². The maximum atomic E-state index is 12.6. The van der Waals surface area contributed by atoms with Crippen molar-refractivity contribution in [1.29, 1.82) is 0 Å². The lowest BCUT2D eigenvalue weighted by Crippen LogP contribution is -2.30. The van der Waals surface area contributed by atoms with Crippen molar-refractivity contribution in [1.82, 2.24) is 30.3 Å². The maximum Gasteiger partial charge on any atom is 0.279 e. The Labute approximate surface area is 179 Å². The van der Waals surface area contributed by atoms with E-state index in [1.165, 1.54) is 11.3 Å². The predicted octanol–water partition coefficient (Wildman–Crippen LogP) is 3.13. The largest absolute Gasteiger partial charge is 0.317 e. The van der Waals surface area contributed by atoms with Gasteiger partial charge in [-0.05, 0) is 45.0 Å². The molecule has 4 heterocycles. The molecular formula is C17H21Cl2N7OS. The van der Waals surface area contributed by atoms with Crippen LogP contribution in [0.25, 0.3) is 11.4 Å². The molecule has 3 aromatic heterocycles. The van der Waals surface area contributed by atoms with Crippen molar-refractivity contribution in [2.24, 2.45) is 0 Å². The minimum atomic E-state index is -0.287. The smallest absolute Gasteiger partial charge is 0.279 e. The predicted molar refractivity (Wildman–Crippen MR) is 114 cm³/mol. The van der Waals surface area contributed by atoms with E-state index in [1.807, 2.05) is 35.2 Å². The Kier molecular flexibility index (Phi) is 7.88. The summed E-state index contributed by atoms with van der Waals surface area (Å²) >= 11 is 1.36. The summed E-state index contributed by atoms with van der Waals surface area (Å²) in [7, 11) is 0. The Hall–Kier alpha value is -2.07. The molecule has 0 bridgehead atoms. The zero-order valence-electron chi connectivity index (χ0n) is 15.2. The number of carbonyl (C=O) groups is 1. The van der Waals surface area contributed by atoms with Crippen LogP contribution < -0.4 is 10.6 Å². The molecule has 3 aromatic rings. The summed E-state index contributed by atoms with van der Waals surface area (Å²) in [6.45, 7) is 3.81. The first-order valence-electron chi connectivity index (χ1n) is 8.53. The second kappa shape index (κ2) is 9.92. The molecule has 8 nitrogen and oxygen atoms in total. The molecule has 1 fully saturated rings. The van der Waals surface area contributed by atoms with Gasteiger partial charge in [-0.1, -0.05) is 11.3 Å². The van der Waals surface area contributed by atoms with Crippen LogP contribution in [0.5, 0.6) is 0 Å². The monoisotopic (exact) mass is 441 g/mol. The van der Waals surface area contributed by atoms with E-state index in [2.05, 4.69) is 30.9 Å². The molecule has 0 aromatic carbocycles. The molecular weight excluding hydrogens is 421 g/mol. The van der Waals surface area contributed by atoms with Gasteiger partial charge in [-0.2, -0.15) is 0 Å². The fraction of sp³-hybridized carbons (Fsp3) is 0.353.